The van der Waals surface area contributed by atoms with E-state index in [2.05, 4.69) is 5.32 Å². The predicted molar refractivity (Wildman–Crippen MR) is 107 cm³/mol. The molecule has 0 fully saturated rings. The minimum atomic E-state index is -0.0716. The number of hydrogen-bond donors (Lipinski definition) is 1. The van der Waals surface area contributed by atoms with Crippen LogP contribution in [0.4, 0.5) is 0 Å². The maximum Gasteiger partial charge on any atom is 0.308 e. The van der Waals surface area contributed by atoms with Crippen molar-refractivity contribution >= 4 is 27.5 Å². The van der Waals surface area contributed by atoms with Crippen LogP contribution in [0.2, 0.25) is 0 Å². The van der Waals surface area contributed by atoms with E-state index in [9.17, 15) is 9.59 Å². The number of hydrogen-bond acceptors (Lipinski definition) is 5. The Morgan fingerprint density at radius 1 is 1.11 bits per heavy atom. The highest BCUT2D eigenvalue weighted by Crippen LogP contribution is 2.27. The molecule has 3 rings (SSSR count). The number of aromatic nitrogens is 1. The van der Waals surface area contributed by atoms with E-state index >= 15 is 0 Å². The van der Waals surface area contributed by atoms with E-state index in [1.54, 1.807) is 18.8 Å². The van der Waals surface area contributed by atoms with Crippen molar-refractivity contribution in [2.24, 2.45) is 0 Å². The molecule has 6 nitrogen and oxygen atoms in total. The highest BCUT2D eigenvalue weighted by Gasteiger charge is 2.09. The van der Waals surface area contributed by atoms with Crippen molar-refractivity contribution in [3.8, 4) is 11.5 Å². The number of fused-ring (bicyclic) bond motifs is 1. The van der Waals surface area contributed by atoms with Crippen LogP contribution in [0.15, 0.2) is 47.3 Å². The Kier molecular flexibility index (Phi) is 6.13. The van der Waals surface area contributed by atoms with Crippen LogP contribution in [0, 0.1) is 0 Å². The lowest BCUT2D eigenvalue weighted by Crippen LogP contribution is -2.27. The minimum absolute atomic E-state index is 0.0330. The molecule has 0 spiro atoms. The number of carbonyl (C=O) groups is 1. The first-order valence-electron chi connectivity index (χ1n) is 8.68. The van der Waals surface area contributed by atoms with Crippen LogP contribution in [0.5, 0.6) is 11.5 Å². The third-order valence-corrected chi connectivity index (χ3v) is 5.28. The molecular formula is C20H22N2O4S. The molecule has 1 heterocycles. The molecule has 0 radical (unpaired) electrons. The minimum Gasteiger partial charge on any atom is -0.493 e. The Morgan fingerprint density at radius 3 is 2.67 bits per heavy atom. The van der Waals surface area contributed by atoms with Crippen molar-refractivity contribution in [3.63, 3.8) is 0 Å². The molecule has 0 saturated heterocycles. The zero-order valence-electron chi connectivity index (χ0n) is 15.4. The summed E-state index contributed by atoms with van der Waals surface area (Å²) in [6, 6.07) is 13.3. The van der Waals surface area contributed by atoms with Gasteiger partial charge in [-0.3, -0.25) is 14.2 Å². The summed E-state index contributed by atoms with van der Waals surface area (Å²) >= 11 is 1.21. The Bertz CT molecular complexity index is 993. The van der Waals surface area contributed by atoms with Gasteiger partial charge in [-0.05, 0) is 36.2 Å². The zero-order valence-corrected chi connectivity index (χ0v) is 16.2. The van der Waals surface area contributed by atoms with Crippen LogP contribution in [0.1, 0.15) is 12.0 Å². The normalized spacial score (nSPS) is 10.7. The Labute approximate surface area is 161 Å². The summed E-state index contributed by atoms with van der Waals surface area (Å²) in [5.74, 6) is 1.28. The fourth-order valence-electron chi connectivity index (χ4n) is 2.91. The maximum atomic E-state index is 12.1. The van der Waals surface area contributed by atoms with Crippen LogP contribution in [-0.2, 0) is 17.8 Å². The highest BCUT2D eigenvalue weighted by atomic mass is 32.1. The van der Waals surface area contributed by atoms with Crippen LogP contribution in [0.3, 0.4) is 0 Å². The molecule has 0 aliphatic rings. The first-order valence-corrected chi connectivity index (χ1v) is 9.50. The van der Waals surface area contributed by atoms with Crippen molar-refractivity contribution < 1.29 is 14.3 Å². The topological polar surface area (TPSA) is 69.6 Å². The molecular weight excluding hydrogens is 364 g/mol. The van der Waals surface area contributed by atoms with Crippen molar-refractivity contribution in [2.45, 2.75) is 19.4 Å². The largest absolute Gasteiger partial charge is 0.493 e. The van der Waals surface area contributed by atoms with Gasteiger partial charge in [-0.25, -0.2) is 0 Å². The molecule has 1 N–H and O–H groups in total. The van der Waals surface area contributed by atoms with Crippen molar-refractivity contribution in [2.75, 3.05) is 20.8 Å². The lowest BCUT2D eigenvalue weighted by Gasteiger charge is -2.10. The molecule has 2 aromatic carbocycles. The number of methoxy groups -OCH3 is 2. The van der Waals surface area contributed by atoms with Gasteiger partial charge in [0, 0.05) is 19.5 Å². The molecule has 0 aliphatic carbocycles. The van der Waals surface area contributed by atoms with Gasteiger partial charge in [0.1, 0.15) is 0 Å². The van der Waals surface area contributed by atoms with Crippen LogP contribution < -0.4 is 19.7 Å². The fourth-order valence-corrected chi connectivity index (χ4v) is 3.83. The van der Waals surface area contributed by atoms with E-state index in [-0.39, 0.29) is 17.2 Å². The maximum absolute atomic E-state index is 12.1. The number of aryl methyl sites for hydroxylation is 1. The molecule has 0 saturated carbocycles. The molecule has 27 heavy (non-hydrogen) atoms. The summed E-state index contributed by atoms with van der Waals surface area (Å²) in [5, 5.41) is 2.90. The second-order valence-electron chi connectivity index (χ2n) is 6.03. The van der Waals surface area contributed by atoms with Gasteiger partial charge < -0.3 is 14.8 Å². The molecule has 7 heteroatoms. The summed E-state index contributed by atoms with van der Waals surface area (Å²) < 4.78 is 13.1. The first kappa shape index (κ1) is 19.0. The van der Waals surface area contributed by atoms with Gasteiger partial charge in [-0.15, -0.1) is 0 Å². The number of nitrogens with one attached hydrogen (secondary N) is 1. The van der Waals surface area contributed by atoms with Gasteiger partial charge in [0.05, 0.1) is 24.4 Å². The zero-order chi connectivity index (χ0) is 19.2. The van der Waals surface area contributed by atoms with Gasteiger partial charge in [0.2, 0.25) is 5.91 Å². The van der Waals surface area contributed by atoms with Gasteiger partial charge in [0.25, 0.3) is 0 Å². The smallest absolute Gasteiger partial charge is 0.308 e. The van der Waals surface area contributed by atoms with Gasteiger partial charge >= 0.3 is 4.87 Å². The molecule has 0 unspecified atom stereocenters. The third kappa shape index (κ3) is 4.49. The average Bonchev–Trinajstić information content (AvgIpc) is 3.01. The standard InChI is InChI=1S/C20H22N2O4S/c1-25-16-8-7-14(13-17(16)26-2)9-11-21-19(23)10-12-22-15-5-3-4-6-18(15)27-20(22)24/h3-8,13H,9-12H2,1-2H3,(H,21,23). The number of amides is 1. The lowest BCUT2D eigenvalue weighted by atomic mass is 10.1. The highest BCUT2D eigenvalue weighted by molar-refractivity contribution is 7.16. The lowest BCUT2D eigenvalue weighted by molar-refractivity contribution is -0.121. The van der Waals surface area contributed by atoms with Gasteiger partial charge in [-0.2, -0.15) is 0 Å². The van der Waals surface area contributed by atoms with Crippen LogP contribution in [-0.4, -0.2) is 31.2 Å². The Morgan fingerprint density at radius 2 is 1.89 bits per heavy atom. The Balaban J connectivity index is 1.51. The number of rotatable bonds is 8. The van der Waals surface area contributed by atoms with Crippen molar-refractivity contribution in [3.05, 3.63) is 57.7 Å². The van der Waals surface area contributed by atoms with Gasteiger partial charge in [-0.1, -0.05) is 29.5 Å². The number of benzene rings is 2. The van der Waals surface area contributed by atoms with E-state index in [0.29, 0.717) is 31.0 Å². The summed E-state index contributed by atoms with van der Waals surface area (Å²) in [6.45, 7) is 0.901. The molecule has 0 aliphatic heterocycles. The Hall–Kier alpha value is -2.80. The number of carbonyl (C=O) groups excluding carboxylic acids is 1. The summed E-state index contributed by atoms with van der Waals surface area (Å²) in [6.07, 6.45) is 0.958. The second-order valence-corrected chi connectivity index (χ2v) is 7.02. The summed E-state index contributed by atoms with van der Waals surface area (Å²) in [4.78, 5) is 24.2. The van der Waals surface area contributed by atoms with Crippen molar-refractivity contribution in [1.82, 2.24) is 9.88 Å². The average molecular weight is 386 g/mol. The predicted octanol–water partition coefficient (Wildman–Crippen LogP) is 2.83. The van der Waals surface area contributed by atoms with E-state index in [0.717, 1.165) is 15.8 Å². The van der Waals surface area contributed by atoms with Gasteiger partial charge in [0.15, 0.2) is 11.5 Å². The molecule has 0 atom stereocenters. The summed E-state index contributed by atoms with van der Waals surface area (Å²) in [5.41, 5.74) is 1.93. The van der Waals surface area contributed by atoms with Crippen LogP contribution in [0.25, 0.3) is 10.2 Å². The molecule has 1 aromatic heterocycles. The quantitative estimate of drug-likeness (QED) is 0.646. The first-order chi connectivity index (χ1) is 13.1. The molecule has 1 amide bonds. The number of nitrogens with zero attached hydrogens (tertiary/aromatic N) is 1. The number of ether oxygens (including phenoxy) is 2. The summed E-state index contributed by atoms with van der Waals surface area (Å²) in [7, 11) is 3.19. The van der Waals surface area contributed by atoms with Crippen LogP contribution >= 0.6 is 11.3 Å². The molecule has 0 bridgehead atoms. The monoisotopic (exact) mass is 386 g/mol. The third-order valence-electron chi connectivity index (χ3n) is 4.32. The number of thiazole rings is 1. The van der Waals surface area contributed by atoms with E-state index in [1.165, 1.54) is 11.3 Å². The van der Waals surface area contributed by atoms with Crippen molar-refractivity contribution in [1.29, 1.82) is 0 Å². The SMILES string of the molecule is COc1ccc(CCNC(=O)CCn2c(=O)sc3ccccc32)cc1OC. The van der Waals surface area contributed by atoms with E-state index in [4.69, 9.17) is 9.47 Å². The van der Waals surface area contributed by atoms with E-state index in [1.807, 2.05) is 42.5 Å². The second kappa shape index (κ2) is 8.73. The van der Waals surface area contributed by atoms with E-state index < -0.39 is 0 Å². The molecule has 3 aromatic rings. The fraction of sp³-hybridized carbons (Fsp3) is 0.300. The molecule has 142 valence electrons. The number of para-hydroxylation sites is 1.